The highest BCUT2D eigenvalue weighted by Crippen LogP contribution is 2.18. The summed E-state index contributed by atoms with van der Waals surface area (Å²) < 4.78 is 0. The van der Waals surface area contributed by atoms with Crippen LogP contribution >= 0.6 is 11.6 Å². The van der Waals surface area contributed by atoms with Crippen molar-refractivity contribution < 1.29 is 4.79 Å². The van der Waals surface area contributed by atoms with Crippen molar-refractivity contribution in [1.29, 1.82) is 0 Å². The van der Waals surface area contributed by atoms with E-state index in [1.165, 1.54) is 0 Å². The standard InChI is InChI=1S/C22H21ClN2O/c23-21-14-8-7-11-19(21)15-16-24-22(26)25(20-12-5-2-6-13-20)17-18-9-3-1-4-10-18/h1-14H,15-17H2,(H,24,26). The van der Waals surface area contributed by atoms with Gasteiger partial charge in [-0.05, 0) is 35.7 Å². The summed E-state index contributed by atoms with van der Waals surface area (Å²) in [6.45, 7) is 1.05. The number of carbonyl (C=O) groups excluding carboxylic acids is 1. The molecule has 0 aliphatic rings. The summed E-state index contributed by atoms with van der Waals surface area (Å²) in [4.78, 5) is 14.6. The first kappa shape index (κ1) is 18.0. The molecule has 0 aromatic heterocycles. The summed E-state index contributed by atoms with van der Waals surface area (Å²) >= 11 is 6.18. The number of carbonyl (C=O) groups is 1. The lowest BCUT2D eigenvalue weighted by molar-refractivity contribution is 0.246. The maximum absolute atomic E-state index is 12.8. The van der Waals surface area contributed by atoms with Crippen molar-refractivity contribution in [2.45, 2.75) is 13.0 Å². The summed E-state index contributed by atoms with van der Waals surface area (Å²) in [6.07, 6.45) is 0.694. The zero-order valence-corrected chi connectivity index (χ0v) is 15.2. The Kier molecular flexibility index (Phi) is 6.29. The molecule has 3 aromatic rings. The van der Waals surface area contributed by atoms with E-state index in [0.717, 1.165) is 21.8 Å². The zero-order chi connectivity index (χ0) is 18.2. The van der Waals surface area contributed by atoms with Crippen molar-refractivity contribution in [3.63, 3.8) is 0 Å². The third kappa shape index (κ3) is 4.87. The minimum atomic E-state index is -0.118. The second-order valence-electron chi connectivity index (χ2n) is 5.98. The predicted octanol–water partition coefficient (Wildman–Crippen LogP) is 5.30. The predicted molar refractivity (Wildman–Crippen MR) is 108 cm³/mol. The van der Waals surface area contributed by atoms with Crippen LogP contribution in [0, 0.1) is 0 Å². The number of nitrogens with zero attached hydrogens (tertiary/aromatic N) is 1. The van der Waals surface area contributed by atoms with E-state index in [9.17, 15) is 4.79 Å². The molecule has 1 N–H and O–H groups in total. The molecule has 0 aliphatic heterocycles. The lowest BCUT2D eigenvalue weighted by Crippen LogP contribution is -2.40. The third-order valence-electron chi connectivity index (χ3n) is 4.12. The van der Waals surface area contributed by atoms with Crippen LogP contribution in [0.3, 0.4) is 0 Å². The summed E-state index contributed by atoms with van der Waals surface area (Å²) in [5.41, 5.74) is 2.98. The Hall–Kier alpha value is -2.78. The summed E-state index contributed by atoms with van der Waals surface area (Å²) in [5, 5.41) is 3.73. The normalized spacial score (nSPS) is 10.3. The van der Waals surface area contributed by atoms with Gasteiger partial charge in [-0.1, -0.05) is 78.3 Å². The lowest BCUT2D eigenvalue weighted by Gasteiger charge is -2.23. The average molecular weight is 365 g/mol. The van der Waals surface area contributed by atoms with Gasteiger partial charge in [0, 0.05) is 17.3 Å². The largest absolute Gasteiger partial charge is 0.337 e. The van der Waals surface area contributed by atoms with Crippen LogP contribution in [-0.2, 0) is 13.0 Å². The third-order valence-corrected chi connectivity index (χ3v) is 4.49. The molecule has 2 amide bonds. The first-order chi connectivity index (χ1) is 12.7. The SMILES string of the molecule is O=C(NCCc1ccccc1Cl)N(Cc1ccccc1)c1ccccc1. The minimum absolute atomic E-state index is 0.118. The molecule has 0 radical (unpaired) electrons. The van der Waals surface area contributed by atoms with Crippen molar-refractivity contribution in [3.05, 3.63) is 101 Å². The second-order valence-corrected chi connectivity index (χ2v) is 6.39. The number of hydrogen-bond donors (Lipinski definition) is 1. The summed E-state index contributed by atoms with van der Waals surface area (Å²) in [7, 11) is 0. The number of amides is 2. The number of benzene rings is 3. The van der Waals surface area contributed by atoms with Crippen LogP contribution in [0.15, 0.2) is 84.9 Å². The van der Waals surface area contributed by atoms with Gasteiger partial charge in [-0.3, -0.25) is 4.90 Å². The topological polar surface area (TPSA) is 32.3 Å². The van der Waals surface area contributed by atoms with E-state index in [0.29, 0.717) is 19.5 Å². The van der Waals surface area contributed by atoms with Gasteiger partial charge >= 0.3 is 6.03 Å². The minimum Gasteiger partial charge on any atom is -0.337 e. The monoisotopic (exact) mass is 364 g/mol. The number of hydrogen-bond acceptors (Lipinski definition) is 1. The highest BCUT2D eigenvalue weighted by Gasteiger charge is 2.15. The molecule has 0 saturated carbocycles. The molecule has 3 rings (SSSR count). The number of halogens is 1. The first-order valence-corrected chi connectivity index (χ1v) is 8.99. The van der Waals surface area contributed by atoms with Gasteiger partial charge in [-0.15, -0.1) is 0 Å². The van der Waals surface area contributed by atoms with Gasteiger partial charge in [0.25, 0.3) is 0 Å². The van der Waals surface area contributed by atoms with Crippen molar-refractivity contribution >= 4 is 23.3 Å². The van der Waals surface area contributed by atoms with Crippen LogP contribution in [0.2, 0.25) is 5.02 Å². The fourth-order valence-corrected chi connectivity index (χ4v) is 2.99. The quantitative estimate of drug-likeness (QED) is 0.632. The Labute approximate surface area is 159 Å². The molecule has 0 spiro atoms. The van der Waals surface area contributed by atoms with Crippen LogP contribution in [0.4, 0.5) is 10.5 Å². The lowest BCUT2D eigenvalue weighted by atomic mass is 10.1. The molecule has 0 fully saturated rings. The van der Waals surface area contributed by atoms with Gasteiger partial charge in [0.05, 0.1) is 6.54 Å². The highest BCUT2D eigenvalue weighted by atomic mass is 35.5. The first-order valence-electron chi connectivity index (χ1n) is 8.62. The van der Waals surface area contributed by atoms with Crippen LogP contribution < -0.4 is 10.2 Å². The highest BCUT2D eigenvalue weighted by molar-refractivity contribution is 6.31. The van der Waals surface area contributed by atoms with Crippen molar-refractivity contribution in [2.75, 3.05) is 11.4 Å². The van der Waals surface area contributed by atoms with Gasteiger partial charge in [0.1, 0.15) is 0 Å². The van der Waals surface area contributed by atoms with Crippen LogP contribution in [0.25, 0.3) is 0 Å². The second kappa shape index (κ2) is 9.07. The van der Waals surface area contributed by atoms with E-state index < -0.39 is 0 Å². The molecular weight excluding hydrogens is 344 g/mol. The number of urea groups is 1. The molecule has 0 aliphatic carbocycles. The molecule has 0 saturated heterocycles. The smallest absolute Gasteiger partial charge is 0.322 e. The molecule has 26 heavy (non-hydrogen) atoms. The van der Waals surface area contributed by atoms with Gasteiger partial charge < -0.3 is 5.32 Å². The van der Waals surface area contributed by atoms with E-state index in [2.05, 4.69) is 5.32 Å². The van der Waals surface area contributed by atoms with E-state index in [1.54, 1.807) is 4.90 Å². The molecule has 0 bridgehead atoms. The Bertz CT molecular complexity index is 837. The summed E-state index contributed by atoms with van der Waals surface area (Å²) in [6, 6.07) is 27.3. The van der Waals surface area contributed by atoms with E-state index in [4.69, 9.17) is 11.6 Å². The number of para-hydroxylation sites is 1. The number of anilines is 1. The van der Waals surface area contributed by atoms with Gasteiger partial charge in [-0.25, -0.2) is 4.79 Å². The van der Waals surface area contributed by atoms with Gasteiger partial charge in [0.2, 0.25) is 0 Å². The molecule has 0 atom stereocenters. The Morgan fingerprint density at radius 1 is 0.846 bits per heavy atom. The van der Waals surface area contributed by atoms with E-state index in [-0.39, 0.29) is 6.03 Å². The molecule has 0 unspecified atom stereocenters. The van der Waals surface area contributed by atoms with Gasteiger partial charge in [-0.2, -0.15) is 0 Å². The molecular formula is C22H21ClN2O. The Morgan fingerprint density at radius 2 is 1.46 bits per heavy atom. The zero-order valence-electron chi connectivity index (χ0n) is 14.4. The molecule has 3 aromatic carbocycles. The van der Waals surface area contributed by atoms with Crippen LogP contribution in [0.5, 0.6) is 0 Å². The fourth-order valence-electron chi connectivity index (χ4n) is 2.75. The molecule has 4 heteroatoms. The van der Waals surface area contributed by atoms with Crippen LogP contribution in [0.1, 0.15) is 11.1 Å². The summed E-state index contributed by atoms with van der Waals surface area (Å²) in [5.74, 6) is 0. The Balaban J connectivity index is 1.68. The molecule has 0 heterocycles. The molecule has 132 valence electrons. The Morgan fingerprint density at radius 3 is 2.15 bits per heavy atom. The average Bonchev–Trinajstić information content (AvgIpc) is 2.69. The molecule has 3 nitrogen and oxygen atoms in total. The van der Waals surface area contributed by atoms with Crippen molar-refractivity contribution in [1.82, 2.24) is 5.32 Å². The van der Waals surface area contributed by atoms with E-state index in [1.807, 2.05) is 84.9 Å². The van der Waals surface area contributed by atoms with Crippen molar-refractivity contribution in [3.8, 4) is 0 Å². The number of nitrogens with one attached hydrogen (secondary N) is 1. The van der Waals surface area contributed by atoms with Gasteiger partial charge in [0.15, 0.2) is 0 Å². The fraction of sp³-hybridized carbons (Fsp3) is 0.136. The maximum Gasteiger partial charge on any atom is 0.322 e. The van der Waals surface area contributed by atoms with E-state index >= 15 is 0 Å². The number of rotatable bonds is 6. The van der Waals surface area contributed by atoms with Crippen molar-refractivity contribution in [2.24, 2.45) is 0 Å². The van der Waals surface area contributed by atoms with Crippen LogP contribution in [-0.4, -0.2) is 12.6 Å². The maximum atomic E-state index is 12.8.